The molecule has 0 bridgehead atoms. The minimum absolute atomic E-state index is 1.08. The number of benzene rings is 16. The molecule has 0 aliphatic rings. The van der Waals surface area contributed by atoms with Crippen molar-refractivity contribution in [2.24, 2.45) is 0 Å². The van der Waals surface area contributed by atoms with Crippen LogP contribution < -0.4 is 14.7 Å². The highest BCUT2D eigenvalue weighted by Crippen LogP contribution is 2.52. The molecule has 0 fully saturated rings. The van der Waals surface area contributed by atoms with Gasteiger partial charge < -0.3 is 14.7 Å². The van der Waals surface area contributed by atoms with E-state index in [0.717, 1.165) is 90.1 Å². The number of hydrogen-bond donors (Lipinski definition) is 0. The van der Waals surface area contributed by atoms with Crippen LogP contribution in [0, 0.1) is 0 Å². The number of nitrogens with zero attached hydrogens (tertiary/aromatic N) is 3. The van der Waals surface area contributed by atoms with Gasteiger partial charge in [0.25, 0.3) is 0 Å². The molecule has 0 heterocycles. The lowest BCUT2D eigenvalue weighted by Gasteiger charge is -2.26. The number of rotatable bonds is 14. The van der Waals surface area contributed by atoms with Gasteiger partial charge in [-0.1, -0.05) is 243 Å². The van der Waals surface area contributed by atoms with Crippen molar-refractivity contribution in [1.82, 2.24) is 0 Å². The number of para-hydroxylation sites is 6. The van der Waals surface area contributed by atoms with E-state index in [9.17, 15) is 0 Å². The summed E-state index contributed by atoms with van der Waals surface area (Å²) >= 11 is 0. The molecule has 0 aliphatic heterocycles. The minimum atomic E-state index is 1.08. The Morgan fingerprint density at radius 2 is 0.484 bits per heavy atom. The zero-order valence-corrected chi connectivity index (χ0v) is 50.1. The van der Waals surface area contributed by atoms with Crippen LogP contribution in [-0.4, -0.2) is 0 Å². The maximum absolute atomic E-state index is 2.48. The third kappa shape index (κ3) is 10.3. The molecule has 16 aromatic rings. The largest absolute Gasteiger partial charge is 0.311 e. The Morgan fingerprint density at radius 1 is 0.154 bits per heavy atom. The number of hydrogen-bond acceptors (Lipinski definition) is 3. The topological polar surface area (TPSA) is 9.72 Å². The van der Waals surface area contributed by atoms with E-state index in [1.807, 2.05) is 0 Å². The molecule has 3 heteroatoms. The summed E-state index contributed by atoms with van der Waals surface area (Å²) < 4.78 is 0. The van der Waals surface area contributed by atoms with E-state index < -0.39 is 0 Å². The second-order valence-corrected chi connectivity index (χ2v) is 23.2. The Morgan fingerprint density at radius 3 is 0.945 bits per heavy atom. The van der Waals surface area contributed by atoms with Crippen LogP contribution in [0.5, 0.6) is 0 Å². The second kappa shape index (κ2) is 23.9. The predicted molar refractivity (Wildman–Crippen MR) is 388 cm³/mol. The summed E-state index contributed by atoms with van der Waals surface area (Å²) in [6.07, 6.45) is 0. The average Bonchev–Trinajstić information content (AvgIpc) is 0.721. The summed E-state index contributed by atoms with van der Waals surface area (Å²) in [6.45, 7) is 0. The molecule has 0 aromatic heterocycles. The Balaban J connectivity index is 0.970. The van der Waals surface area contributed by atoms with E-state index in [1.165, 1.54) is 59.8 Å². The van der Waals surface area contributed by atoms with Gasteiger partial charge in [0.15, 0.2) is 0 Å². The molecule has 3 nitrogen and oxygen atoms in total. The van der Waals surface area contributed by atoms with Gasteiger partial charge >= 0.3 is 0 Å². The highest BCUT2D eigenvalue weighted by Gasteiger charge is 2.25. The fraction of sp³-hybridized carbons (Fsp3) is 0. The van der Waals surface area contributed by atoms with Crippen LogP contribution in [-0.2, 0) is 0 Å². The molecule has 428 valence electrons. The molecule has 0 atom stereocenters. The zero-order chi connectivity index (χ0) is 60.5. The van der Waals surface area contributed by atoms with Gasteiger partial charge in [0.1, 0.15) is 0 Å². The summed E-state index contributed by atoms with van der Waals surface area (Å²) in [7, 11) is 0. The smallest absolute Gasteiger partial charge is 0.0462 e. The van der Waals surface area contributed by atoms with Gasteiger partial charge in [0.05, 0.1) is 0 Å². The zero-order valence-electron chi connectivity index (χ0n) is 50.1. The third-order valence-electron chi connectivity index (χ3n) is 17.8. The summed E-state index contributed by atoms with van der Waals surface area (Å²) in [5, 5.41) is 9.60. The van der Waals surface area contributed by atoms with E-state index in [0.29, 0.717) is 0 Å². The van der Waals surface area contributed by atoms with Gasteiger partial charge in [-0.15, -0.1) is 0 Å². The molecule has 0 radical (unpaired) electrons. The highest BCUT2D eigenvalue weighted by atomic mass is 15.2. The fourth-order valence-electron chi connectivity index (χ4n) is 13.6. The Bertz CT molecular complexity index is 5100. The molecule has 0 saturated heterocycles. The first-order valence-electron chi connectivity index (χ1n) is 31.2. The van der Waals surface area contributed by atoms with Crippen LogP contribution in [0.4, 0.5) is 51.2 Å². The molecule has 0 amide bonds. The Hall–Kier alpha value is -12.0. The van der Waals surface area contributed by atoms with E-state index in [1.54, 1.807) is 0 Å². The first-order chi connectivity index (χ1) is 45.2. The van der Waals surface area contributed by atoms with Crippen molar-refractivity contribution in [2.45, 2.75) is 0 Å². The van der Waals surface area contributed by atoms with Crippen molar-refractivity contribution >= 4 is 94.3 Å². The quantitative estimate of drug-likeness (QED) is 0.101. The molecule has 0 aliphatic carbocycles. The molecular weight excluding hydrogens is 1100 g/mol. The van der Waals surface area contributed by atoms with Crippen LogP contribution in [0.3, 0.4) is 0 Å². The standard InChI is InChI=1S/C88H61N3/c1-8-25-64(26-9-1)82-61-83(65-45-53-76(54-46-65)90(71-33-14-4-15-34-71)72-35-16-5-17-36-72)87-80-57-49-67(62-43-51-75(52-44-62)89(69-29-10-2-11-30-69)70-31-12-3-13-32-70)59-84(80)85-60-68(79-42-24-28-63-27-22-23-41-78(63)79)50-58-81(85)88(87)86(82)66-47-55-77(56-48-66)91(73-37-18-6-19-38-73)74-39-20-7-21-40-74/h1-61H. The monoisotopic (exact) mass is 1160 g/mol. The van der Waals surface area contributed by atoms with Crippen LogP contribution in [0.1, 0.15) is 0 Å². The molecular formula is C88H61N3. The molecule has 0 unspecified atom stereocenters. The molecule has 0 N–H and O–H groups in total. The summed E-state index contributed by atoms with van der Waals surface area (Å²) in [4.78, 5) is 7.01. The van der Waals surface area contributed by atoms with E-state index in [4.69, 9.17) is 0 Å². The van der Waals surface area contributed by atoms with Gasteiger partial charge in [-0.2, -0.15) is 0 Å². The molecule has 0 spiro atoms. The Kier molecular flexibility index (Phi) is 14.3. The van der Waals surface area contributed by atoms with Gasteiger partial charge in [0.2, 0.25) is 0 Å². The third-order valence-corrected chi connectivity index (χ3v) is 17.8. The van der Waals surface area contributed by atoms with Crippen molar-refractivity contribution in [3.8, 4) is 55.6 Å². The summed E-state index contributed by atoms with van der Waals surface area (Å²) in [5.41, 5.74) is 21.4. The Labute approximate surface area is 531 Å². The van der Waals surface area contributed by atoms with Crippen LogP contribution in [0.2, 0.25) is 0 Å². The summed E-state index contributed by atoms with van der Waals surface area (Å²) in [5.74, 6) is 0. The maximum Gasteiger partial charge on any atom is 0.0462 e. The molecule has 91 heavy (non-hydrogen) atoms. The van der Waals surface area contributed by atoms with Gasteiger partial charge in [-0.25, -0.2) is 0 Å². The second-order valence-electron chi connectivity index (χ2n) is 23.2. The normalized spacial score (nSPS) is 11.3. The molecule has 16 rings (SSSR count). The van der Waals surface area contributed by atoms with Crippen molar-refractivity contribution in [2.75, 3.05) is 14.7 Å². The van der Waals surface area contributed by atoms with Gasteiger partial charge in [-0.3, -0.25) is 0 Å². The number of fused-ring (bicyclic) bond motifs is 7. The highest BCUT2D eigenvalue weighted by molar-refractivity contribution is 6.33. The van der Waals surface area contributed by atoms with Crippen molar-refractivity contribution in [1.29, 1.82) is 0 Å². The maximum atomic E-state index is 2.48. The first-order valence-corrected chi connectivity index (χ1v) is 31.2. The van der Waals surface area contributed by atoms with Crippen molar-refractivity contribution < 1.29 is 0 Å². The van der Waals surface area contributed by atoms with Crippen LogP contribution in [0.25, 0.3) is 98.7 Å². The van der Waals surface area contributed by atoms with E-state index >= 15 is 0 Å². The molecule has 0 saturated carbocycles. The van der Waals surface area contributed by atoms with E-state index in [2.05, 4.69) is 385 Å². The first kappa shape index (κ1) is 54.4. The predicted octanol–water partition coefficient (Wildman–Crippen LogP) is 25.0. The van der Waals surface area contributed by atoms with Crippen molar-refractivity contribution in [3.05, 3.63) is 370 Å². The van der Waals surface area contributed by atoms with E-state index in [-0.39, 0.29) is 0 Å². The lowest BCUT2D eigenvalue weighted by atomic mass is 9.80. The SMILES string of the molecule is c1ccc(-c2cc(-c3ccc(N(c4ccccc4)c4ccccc4)cc3)c3c4ccc(-c5ccc(N(c6ccccc6)c6ccccc6)cc5)cc4c4cc(-c5cccc6ccccc56)ccc4c3c2-c2ccc(N(c3ccccc3)c3ccccc3)cc2)cc1. The average molecular weight is 1160 g/mol. The van der Waals surface area contributed by atoms with Gasteiger partial charge in [0, 0.05) is 51.2 Å². The van der Waals surface area contributed by atoms with Crippen LogP contribution >= 0.6 is 0 Å². The lowest BCUT2D eigenvalue weighted by Crippen LogP contribution is -2.09. The minimum Gasteiger partial charge on any atom is -0.311 e. The van der Waals surface area contributed by atoms with Crippen molar-refractivity contribution in [3.63, 3.8) is 0 Å². The molecule has 16 aromatic carbocycles. The fourth-order valence-corrected chi connectivity index (χ4v) is 13.6. The summed E-state index contributed by atoms with van der Waals surface area (Å²) in [6, 6.07) is 135. The van der Waals surface area contributed by atoms with Gasteiger partial charge in [-0.05, 0) is 226 Å². The lowest BCUT2D eigenvalue weighted by molar-refractivity contribution is 1.28. The van der Waals surface area contributed by atoms with Crippen LogP contribution in [0.15, 0.2) is 370 Å². The number of anilines is 9.